The Hall–Kier alpha value is -3.14. The molecule has 27 heavy (non-hydrogen) atoms. The average molecular weight is 366 g/mol. The molecule has 0 unspecified atom stereocenters. The Morgan fingerprint density at radius 3 is 2.59 bits per heavy atom. The Morgan fingerprint density at radius 2 is 1.93 bits per heavy atom. The van der Waals surface area contributed by atoms with E-state index in [4.69, 9.17) is 4.74 Å². The molecule has 0 atom stereocenters. The molecule has 7 nitrogen and oxygen atoms in total. The van der Waals surface area contributed by atoms with Crippen molar-refractivity contribution >= 4 is 11.4 Å². The van der Waals surface area contributed by atoms with Gasteiger partial charge in [0, 0.05) is 11.6 Å². The van der Waals surface area contributed by atoms with Crippen molar-refractivity contribution in [2.24, 2.45) is 10.2 Å². The molecule has 0 amide bonds. The van der Waals surface area contributed by atoms with Crippen LogP contribution in [-0.4, -0.2) is 16.8 Å². The van der Waals surface area contributed by atoms with E-state index in [0.29, 0.717) is 17.0 Å². The van der Waals surface area contributed by atoms with Crippen molar-refractivity contribution in [3.63, 3.8) is 0 Å². The fourth-order valence-corrected chi connectivity index (χ4v) is 3.52. The average Bonchev–Trinajstić information content (AvgIpc) is 2.69. The largest absolute Gasteiger partial charge is 0.494 e. The second-order valence-electron chi connectivity index (χ2n) is 6.62. The number of methoxy groups -OCH3 is 1. The highest BCUT2D eigenvalue weighted by Crippen LogP contribution is 2.35. The van der Waals surface area contributed by atoms with Gasteiger partial charge < -0.3 is 9.84 Å². The lowest BCUT2D eigenvalue weighted by molar-refractivity contribution is 0.303. The van der Waals surface area contributed by atoms with Gasteiger partial charge in [0.15, 0.2) is 5.69 Å². The van der Waals surface area contributed by atoms with Gasteiger partial charge in [0.25, 0.3) is 5.56 Å². The van der Waals surface area contributed by atoms with Gasteiger partial charge in [-0.3, -0.25) is 9.36 Å². The van der Waals surface area contributed by atoms with Crippen LogP contribution < -0.4 is 10.3 Å². The lowest BCUT2D eigenvalue weighted by Crippen LogP contribution is -2.27. The summed E-state index contributed by atoms with van der Waals surface area (Å²) in [4.78, 5) is 13.1. The number of aromatic hydroxyl groups is 1. The molecule has 1 N–H and O–H groups in total. The summed E-state index contributed by atoms with van der Waals surface area (Å²) in [5, 5.41) is 28.3. The quantitative estimate of drug-likeness (QED) is 0.795. The van der Waals surface area contributed by atoms with Crippen molar-refractivity contribution in [2.45, 2.75) is 45.1 Å². The van der Waals surface area contributed by atoms with Gasteiger partial charge >= 0.3 is 0 Å². The number of nitriles is 1. The molecular weight excluding hydrogens is 344 g/mol. The van der Waals surface area contributed by atoms with Crippen molar-refractivity contribution in [1.82, 2.24) is 4.57 Å². The summed E-state index contributed by atoms with van der Waals surface area (Å²) in [5.74, 6) is 0.258. The fraction of sp³-hybridized carbons (Fsp3) is 0.400. The summed E-state index contributed by atoms with van der Waals surface area (Å²) in [6.45, 7) is 1.60. The van der Waals surface area contributed by atoms with Crippen LogP contribution >= 0.6 is 0 Å². The molecule has 1 fully saturated rings. The molecule has 0 radical (unpaired) electrons. The van der Waals surface area contributed by atoms with Gasteiger partial charge in [-0.15, -0.1) is 10.2 Å². The number of azo groups is 1. The summed E-state index contributed by atoms with van der Waals surface area (Å²) < 4.78 is 6.57. The van der Waals surface area contributed by atoms with E-state index in [1.54, 1.807) is 25.1 Å². The molecule has 0 spiro atoms. The number of pyridine rings is 1. The molecule has 1 aromatic heterocycles. The highest BCUT2D eigenvalue weighted by Gasteiger charge is 2.25. The molecule has 0 saturated heterocycles. The Balaban J connectivity index is 2.13. The fourth-order valence-electron chi connectivity index (χ4n) is 3.52. The van der Waals surface area contributed by atoms with Gasteiger partial charge in [0.2, 0.25) is 5.88 Å². The molecule has 3 rings (SSSR count). The topological polar surface area (TPSA) is 100.0 Å². The maximum atomic E-state index is 13.1. The number of para-hydroxylation sites is 1. The van der Waals surface area contributed by atoms with Crippen molar-refractivity contribution in [2.75, 3.05) is 7.11 Å². The maximum Gasteiger partial charge on any atom is 0.281 e. The van der Waals surface area contributed by atoms with E-state index in [-0.39, 0.29) is 23.2 Å². The SMILES string of the molecule is COc1ccccc1N=Nc1c(C)c(C#N)c(O)n(C2CCCCC2)c1=O. The maximum absolute atomic E-state index is 13.1. The number of hydrogen-bond donors (Lipinski definition) is 1. The van der Waals surface area contributed by atoms with Gasteiger partial charge in [0.1, 0.15) is 23.1 Å². The van der Waals surface area contributed by atoms with Crippen molar-refractivity contribution in [3.8, 4) is 17.7 Å². The van der Waals surface area contributed by atoms with E-state index in [2.05, 4.69) is 10.2 Å². The Bertz CT molecular complexity index is 966. The molecule has 2 aromatic rings. The zero-order valence-corrected chi connectivity index (χ0v) is 15.5. The molecule has 0 bridgehead atoms. The predicted octanol–water partition coefficient (Wildman–Crippen LogP) is 4.66. The third-order valence-electron chi connectivity index (χ3n) is 5.00. The van der Waals surface area contributed by atoms with E-state index in [0.717, 1.165) is 32.1 Å². The summed E-state index contributed by atoms with van der Waals surface area (Å²) in [5.41, 5.74) is 0.518. The minimum absolute atomic E-state index is 0.0640. The normalized spacial score (nSPS) is 15.0. The third-order valence-corrected chi connectivity index (χ3v) is 5.00. The monoisotopic (exact) mass is 366 g/mol. The summed E-state index contributed by atoms with van der Waals surface area (Å²) in [6, 6.07) is 8.95. The second-order valence-corrected chi connectivity index (χ2v) is 6.62. The molecule has 1 saturated carbocycles. The highest BCUT2D eigenvalue weighted by molar-refractivity contribution is 5.57. The van der Waals surface area contributed by atoms with Crippen molar-refractivity contribution in [1.29, 1.82) is 5.26 Å². The second kappa shape index (κ2) is 8.04. The van der Waals surface area contributed by atoms with E-state index in [1.165, 1.54) is 11.7 Å². The van der Waals surface area contributed by atoms with Crippen LogP contribution in [0.4, 0.5) is 11.4 Å². The van der Waals surface area contributed by atoms with Crippen LogP contribution in [0.1, 0.15) is 49.3 Å². The van der Waals surface area contributed by atoms with Crippen LogP contribution in [0.2, 0.25) is 0 Å². The standard InChI is InChI=1S/C20H22N4O3/c1-13-15(12-21)19(25)24(14-8-4-3-5-9-14)20(26)18(13)23-22-16-10-6-7-11-17(16)27-2/h6-7,10-11,14,25H,3-5,8-9H2,1-2H3. The minimum Gasteiger partial charge on any atom is -0.494 e. The summed E-state index contributed by atoms with van der Waals surface area (Å²) in [7, 11) is 1.53. The smallest absolute Gasteiger partial charge is 0.281 e. The van der Waals surface area contributed by atoms with Crippen LogP contribution in [0.25, 0.3) is 0 Å². The molecule has 1 aliphatic rings. The predicted molar refractivity (Wildman–Crippen MR) is 101 cm³/mol. The molecular formula is C20H22N4O3. The summed E-state index contributed by atoms with van der Waals surface area (Å²) in [6.07, 6.45) is 4.69. The molecule has 7 heteroatoms. The molecule has 1 heterocycles. The third kappa shape index (κ3) is 3.56. The number of benzene rings is 1. The van der Waals surface area contributed by atoms with Gasteiger partial charge in [-0.25, -0.2) is 0 Å². The van der Waals surface area contributed by atoms with Crippen LogP contribution in [0, 0.1) is 18.3 Å². The Labute approximate surface area is 157 Å². The molecule has 1 aliphatic carbocycles. The van der Waals surface area contributed by atoms with E-state index < -0.39 is 5.56 Å². The Morgan fingerprint density at radius 1 is 1.22 bits per heavy atom. The first-order valence-corrected chi connectivity index (χ1v) is 9.01. The van der Waals surface area contributed by atoms with Crippen LogP contribution in [0.5, 0.6) is 11.6 Å². The van der Waals surface area contributed by atoms with Crippen LogP contribution in [0.3, 0.4) is 0 Å². The van der Waals surface area contributed by atoms with Gasteiger partial charge in [-0.2, -0.15) is 5.26 Å². The first kappa shape index (κ1) is 18.6. The Kier molecular flexibility index (Phi) is 5.55. The van der Waals surface area contributed by atoms with E-state index >= 15 is 0 Å². The number of rotatable bonds is 4. The first-order valence-electron chi connectivity index (χ1n) is 9.01. The minimum atomic E-state index is -0.422. The highest BCUT2D eigenvalue weighted by atomic mass is 16.5. The first-order chi connectivity index (χ1) is 13.1. The van der Waals surface area contributed by atoms with Gasteiger partial charge in [-0.05, 0) is 31.9 Å². The molecule has 1 aromatic carbocycles. The molecule has 0 aliphatic heterocycles. The molecule has 140 valence electrons. The number of nitrogens with zero attached hydrogens (tertiary/aromatic N) is 4. The van der Waals surface area contributed by atoms with Crippen LogP contribution in [0.15, 0.2) is 39.3 Å². The van der Waals surface area contributed by atoms with Crippen molar-refractivity contribution < 1.29 is 9.84 Å². The zero-order valence-electron chi connectivity index (χ0n) is 15.5. The lowest BCUT2D eigenvalue weighted by atomic mass is 9.94. The van der Waals surface area contributed by atoms with E-state index in [1.807, 2.05) is 12.1 Å². The lowest BCUT2D eigenvalue weighted by Gasteiger charge is -2.25. The van der Waals surface area contributed by atoms with Gasteiger partial charge in [0.05, 0.1) is 7.11 Å². The zero-order chi connectivity index (χ0) is 19.4. The summed E-state index contributed by atoms with van der Waals surface area (Å²) >= 11 is 0. The number of aromatic nitrogens is 1. The van der Waals surface area contributed by atoms with Gasteiger partial charge in [-0.1, -0.05) is 31.4 Å². The number of ether oxygens (including phenoxy) is 1. The van der Waals surface area contributed by atoms with E-state index in [9.17, 15) is 15.2 Å². The number of hydrogen-bond acceptors (Lipinski definition) is 6. The van der Waals surface area contributed by atoms with Crippen LogP contribution in [-0.2, 0) is 0 Å². The van der Waals surface area contributed by atoms with Crippen molar-refractivity contribution in [3.05, 3.63) is 45.7 Å².